The Hall–Kier alpha value is -3.40. The molecule has 38 heavy (non-hydrogen) atoms. The van der Waals surface area contributed by atoms with E-state index in [0.29, 0.717) is 29.5 Å². The van der Waals surface area contributed by atoms with Crippen molar-refractivity contribution in [2.45, 2.75) is 63.5 Å². The number of likely N-dealkylation sites (tertiary alicyclic amines) is 1. The van der Waals surface area contributed by atoms with Crippen molar-refractivity contribution in [3.63, 3.8) is 0 Å². The Balaban J connectivity index is 1.26. The van der Waals surface area contributed by atoms with E-state index in [4.69, 9.17) is 4.74 Å². The molecule has 1 aromatic carbocycles. The number of nitrogens with zero attached hydrogens (tertiary/aromatic N) is 6. The fraction of sp³-hybridized carbons (Fsp3) is 0.500. The zero-order chi connectivity index (χ0) is 26.4. The van der Waals surface area contributed by atoms with E-state index in [2.05, 4.69) is 56.2 Å². The molecule has 0 atom stereocenters. The number of fused-ring (bicyclic) bond motifs is 1. The minimum Gasteiger partial charge on any atom is -0.480 e. The molecule has 2 fully saturated rings. The van der Waals surface area contributed by atoms with Gasteiger partial charge in [0.15, 0.2) is 23.2 Å². The minimum absolute atomic E-state index is 0.00717. The Kier molecular flexibility index (Phi) is 6.37. The van der Waals surface area contributed by atoms with Crippen molar-refractivity contribution in [1.82, 2.24) is 25.1 Å². The monoisotopic (exact) mass is 521 g/mol. The van der Waals surface area contributed by atoms with Crippen molar-refractivity contribution in [2.75, 3.05) is 36.9 Å². The molecule has 0 bridgehead atoms. The normalized spacial score (nSPS) is 19.3. The van der Waals surface area contributed by atoms with Crippen molar-refractivity contribution in [3.05, 3.63) is 47.8 Å². The molecular weight excluding hydrogens is 488 g/mol. The third-order valence-electron chi connectivity index (χ3n) is 8.08. The van der Waals surface area contributed by atoms with E-state index in [-0.39, 0.29) is 29.0 Å². The number of hydrogen-bond donors (Lipinski definition) is 1. The van der Waals surface area contributed by atoms with Gasteiger partial charge < -0.3 is 19.9 Å². The van der Waals surface area contributed by atoms with Crippen LogP contribution < -0.4 is 15.0 Å². The van der Waals surface area contributed by atoms with Crippen LogP contribution in [0.1, 0.15) is 57.6 Å². The largest absolute Gasteiger partial charge is 0.480 e. The maximum absolute atomic E-state index is 15.4. The number of ether oxygens (including phenoxy) is 1. The van der Waals surface area contributed by atoms with Crippen LogP contribution in [0.2, 0.25) is 0 Å². The molecule has 200 valence electrons. The van der Waals surface area contributed by atoms with Crippen LogP contribution >= 0.6 is 0 Å². The van der Waals surface area contributed by atoms with Crippen LogP contribution in [-0.2, 0) is 0 Å². The summed E-state index contributed by atoms with van der Waals surface area (Å²) in [6.07, 6.45) is 6.10. The molecule has 1 spiro atoms. The first-order valence-electron chi connectivity index (χ1n) is 13.4. The maximum atomic E-state index is 15.4. The lowest BCUT2D eigenvalue weighted by Crippen LogP contribution is -2.57. The van der Waals surface area contributed by atoms with Crippen LogP contribution in [0.3, 0.4) is 0 Å². The summed E-state index contributed by atoms with van der Waals surface area (Å²) in [5.41, 5.74) is 1.59. The Morgan fingerprint density at radius 1 is 1.08 bits per heavy atom. The second-order valence-corrected chi connectivity index (χ2v) is 11.1. The molecule has 8 nitrogen and oxygen atoms in total. The van der Waals surface area contributed by atoms with Crippen molar-refractivity contribution >= 4 is 17.5 Å². The summed E-state index contributed by atoms with van der Waals surface area (Å²) in [6.45, 7) is 6.91. The number of hydrogen-bond acceptors (Lipinski definition) is 8. The van der Waals surface area contributed by atoms with Crippen molar-refractivity contribution in [2.24, 2.45) is 0 Å². The third-order valence-corrected chi connectivity index (χ3v) is 8.08. The SMILES string of the molecule is CC(C)N1CC2(CCC2)Oc2c(F)cc(-c3nc(Nc4ccc(C5CCN(C)CC5)nn4)ncc3F)cc21. The van der Waals surface area contributed by atoms with Gasteiger partial charge >= 0.3 is 0 Å². The zero-order valence-electron chi connectivity index (χ0n) is 22.0. The summed E-state index contributed by atoms with van der Waals surface area (Å²) >= 11 is 0. The highest BCUT2D eigenvalue weighted by molar-refractivity contribution is 5.73. The lowest BCUT2D eigenvalue weighted by atomic mass is 9.78. The number of anilines is 3. The number of piperidine rings is 1. The summed E-state index contributed by atoms with van der Waals surface area (Å²) in [7, 11) is 2.13. The summed E-state index contributed by atoms with van der Waals surface area (Å²) in [5, 5.41) is 11.7. The number of aromatic nitrogens is 4. The molecule has 3 aromatic rings. The number of halogens is 2. The molecule has 0 unspecified atom stereocenters. The first-order chi connectivity index (χ1) is 18.3. The zero-order valence-corrected chi connectivity index (χ0v) is 22.0. The molecule has 2 aromatic heterocycles. The Labute approximate surface area is 221 Å². The van der Waals surface area contributed by atoms with Gasteiger partial charge in [0.25, 0.3) is 0 Å². The number of rotatable bonds is 5. The highest BCUT2D eigenvalue weighted by atomic mass is 19.1. The van der Waals surface area contributed by atoms with E-state index in [0.717, 1.165) is 57.1 Å². The van der Waals surface area contributed by atoms with Gasteiger partial charge in [-0.25, -0.2) is 18.7 Å². The number of benzene rings is 1. The minimum atomic E-state index is -0.637. The summed E-state index contributed by atoms with van der Waals surface area (Å²) in [6, 6.07) is 6.98. The molecule has 1 N–H and O–H groups in total. The Morgan fingerprint density at radius 3 is 2.53 bits per heavy atom. The Morgan fingerprint density at radius 2 is 1.87 bits per heavy atom. The van der Waals surface area contributed by atoms with Crippen LogP contribution in [0.15, 0.2) is 30.5 Å². The van der Waals surface area contributed by atoms with Gasteiger partial charge in [-0.15, -0.1) is 5.10 Å². The van der Waals surface area contributed by atoms with Gasteiger partial charge in [0.1, 0.15) is 11.3 Å². The van der Waals surface area contributed by atoms with Gasteiger partial charge in [-0.2, -0.15) is 5.10 Å². The van der Waals surface area contributed by atoms with E-state index in [1.54, 1.807) is 6.07 Å². The topological polar surface area (TPSA) is 79.3 Å². The molecule has 3 aliphatic rings. The second-order valence-electron chi connectivity index (χ2n) is 11.1. The molecule has 6 rings (SSSR count). The first kappa shape index (κ1) is 24.9. The summed E-state index contributed by atoms with van der Waals surface area (Å²) in [5.74, 6) is 0.0984. The highest BCUT2D eigenvalue weighted by Gasteiger charge is 2.46. The predicted molar refractivity (Wildman–Crippen MR) is 142 cm³/mol. The Bertz CT molecular complexity index is 1320. The molecule has 1 saturated carbocycles. The first-order valence-corrected chi connectivity index (χ1v) is 13.4. The summed E-state index contributed by atoms with van der Waals surface area (Å²) < 4.78 is 36.5. The fourth-order valence-electron chi connectivity index (χ4n) is 5.64. The van der Waals surface area contributed by atoms with E-state index in [1.807, 2.05) is 12.1 Å². The van der Waals surface area contributed by atoms with E-state index < -0.39 is 11.6 Å². The smallest absolute Gasteiger partial charge is 0.229 e. The molecule has 1 saturated heterocycles. The van der Waals surface area contributed by atoms with Crippen LogP contribution in [0, 0.1) is 11.6 Å². The average molecular weight is 522 g/mol. The van der Waals surface area contributed by atoms with E-state index in [9.17, 15) is 4.39 Å². The van der Waals surface area contributed by atoms with Gasteiger partial charge in [-0.05, 0) is 90.4 Å². The van der Waals surface area contributed by atoms with Crippen LogP contribution in [-0.4, -0.2) is 63.4 Å². The molecule has 1 aliphatic carbocycles. The molecule has 0 amide bonds. The third kappa shape index (κ3) is 4.66. The van der Waals surface area contributed by atoms with Crippen LogP contribution in [0.4, 0.5) is 26.2 Å². The van der Waals surface area contributed by atoms with E-state index >= 15 is 4.39 Å². The quantitative estimate of drug-likeness (QED) is 0.485. The van der Waals surface area contributed by atoms with Gasteiger partial charge in [0.2, 0.25) is 5.95 Å². The predicted octanol–water partition coefficient (Wildman–Crippen LogP) is 5.29. The molecule has 10 heteroatoms. The summed E-state index contributed by atoms with van der Waals surface area (Å²) in [4.78, 5) is 12.9. The molecular formula is C28H33F2N7O. The van der Waals surface area contributed by atoms with Gasteiger partial charge in [0, 0.05) is 17.5 Å². The van der Waals surface area contributed by atoms with Crippen LogP contribution in [0.5, 0.6) is 5.75 Å². The lowest BCUT2D eigenvalue weighted by molar-refractivity contribution is -0.0122. The molecule has 2 aliphatic heterocycles. The number of nitrogens with one attached hydrogen (secondary N) is 1. The fourth-order valence-corrected chi connectivity index (χ4v) is 5.64. The molecule has 0 radical (unpaired) electrons. The van der Waals surface area contributed by atoms with Gasteiger partial charge in [-0.3, -0.25) is 0 Å². The highest BCUT2D eigenvalue weighted by Crippen LogP contribution is 2.48. The van der Waals surface area contributed by atoms with Gasteiger partial charge in [0.05, 0.1) is 24.1 Å². The van der Waals surface area contributed by atoms with Crippen molar-refractivity contribution in [1.29, 1.82) is 0 Å². The van der Waals surface area contributed by atoms with E-state index in [1.165, 1.54) is 6.07 Å². The lowest BCUT2D eigenvalue weighted by Gasteiger charge is -2.50. The van der Waals surface area contributed by atoms with Gasteiger partial charge in [-0.1, -0.05) is 0 Å². The van der Waals surface area contributed by atoms with Crippen molar-refractivity contribution in [3.8, 4) is 17.0 Å². The maximum Gasteiger partial charge on any atom is 0.229 e. The van der Waals surface area contributed by atoms with Crippen molar-refractivity contribution < 1.29 is 13.5 Å². The second kappa shape index (κ2) is 9.72. The standard InChI is InChI=1S/C28H33F2N7O/c1-17(2)37-16-28(9-4-10-28)38-26-20(29)13-19(14-23(26)37)25-21(30)15-31-27(33-25)32-24-6-5-22(34-35-24)18-7-11-36(3)12-8-18/h5-6,13-15,17-18H,4,7-12,16H2,1-3H3,(H,31,32,33,35). The molecule has 4 heterocycles. The van der Waals surface area contributed by atoms with Crippen LogP contribution in [0.25, 0.3) is 11.3 Å². The average Bonchev–Trinajstić information content (AvgIpc) is 2.89.